The van der Waals surface area contributed by atoms with E-state index in [2.05, 4.69) is 20.8 Å². The lowest BCUT2D eigenvalue weighted by Crippen LogP contribution is -2.47. The van der Waals surface area contributed by atoms with Crippen molar-refractivity contribution in [3.8, 4) is 0 Å². The van der Waals surface area contributed by atoms with Crippen LogP contribution >= 0.6 is 0 Å². The largest absolute Gasteiger partial charge is 0.445 e. The molecule has 1 aliphatic rings. The molecule has 70 valence electrons. The number of carbonyl (C=O) groups is 1. The van der Waals surface area contributed by atoms with Crippen LogP contribution in [0.5, 0.6) is 0 Å². The standard InChI is InChI=1S/C9H17NO2/c1-6(2)8-7(3)5-10(4)9(11)12-8/h6-8H,5H2,1-4H3/t7-,8+/m1/s1. The van der Waals surface area contributed by atoms with Crippen molar-refractivity contribution < 1.29 is 9.53 Å². The van der Waals surface area contributed by atoms with Gasteiger partial charge in [-0.2, -0.15) is 0 Å². The van der Waals surface area contributed by atoms with Crippen LogP contribution in [0.4, 0.5) is 4.79 Å². The van der Waals surface area contributed by atoms with Gasteiger partial charge in [-0.3, -0.25) is 0 Å². The molecule has 1 saturated heterocycles. The smallest absolute Gasteiger partial charge is 0.409 e. The van der Waals surface area contributed by atoms with Crippen molar-refractivity contribution in [2.45, 2.75) is 26.9 Å². The third-order valence-electron chi connectivity index (χ3n) is 2.33. The quantitative estimate of drug-likeness (QED) is 0.601. The Bertz CT molecular complexity index is 179. The highest BCUT2D eigenvalue weighted by atomic mass is 16.6. The van der Waals surface area contributed by atoms with Gasteiger partial charge in [0.25, 0.3) is 0 Å². The Labute approximate surface area is 73.7 Å². The zero-order valence-electron chi connectivity index (χ0n) is 8.20. The first-order valence-electron chi connectivity index (χ1n) is 4.44. The second-order valence-corrected chi connectivity index (χ2v) is 3.95. The fraction of sp³-hybridized carbons (Fsp3) is 0.889. The number of ether oxygens (including phenoxy) is 1. The zero-order chi connectivity index (χ0) is 9.30. The van der Waals surface area contributed by atoms with Gasteiger partial charge in [0.05, 0.1) is 0 Å². The Hall–Kier alpha value is -0.730. The third kappa shape index (κ3) is 1.71. The lowest BCUT2D eigenvalue weighted by molar-refractivity contribution is -0.0209. The number of amides is 1. The molecule has 0 N–H and O–H groups in total. The molecule has 2 atom stereocenters. The normalized spacial score (nSPS) is 30.8. The molecule has 0 aromatic rings. The van der Waals surface area contributed by atoms with Gasteiger partial charge in [0.2, 0.25) is 0 Å². The highest BCUT2D eigenvalue weighted by molar-refractivity contribution is 5.68. The van der Waals surface area contributed by atoms with Gasteiger partial charge in [-0.1, -0.05) is 20.8 Å². The van der Waals surface area contributed by atoms with Gasteiger partial charge in [-0.25, -0.2) is 4.79 Å². The molecule has 0 unspecified atom stereocenters. The van der Waals surface area contributed by atoms with E-state index in [0.717, 1.165) is 6.54 Å². The lowest BCUT2D eigenvalue weighted by Gasteiger charge is -2.36. The van der Waals surface area contributed by atoms with Crippen LogP contribution in [-0.2, 0) is 4.74 Å². The lowest BCUT2D eigenvalue weighted by atomic mass is 9.93. The van der Waals surface area contributed by atoms with Crippen molar-refractivity contribution in [3.63, 3.8) is 0 Å². The second kappa shape index (κ2) is 3.33. The minimum absolute atomic E-state index is 0.0914. The molecule has 0 aromatic heterocycles. The molecule has 12 heavy (non-hydrogen) atoms. The summed E-state index contributed by atoms with van der Waals surface area (Å²) < 4.78 is 5.26. The number of cyclic esters (lactones) is 1. The summed E-state index contributed by atoms with van der Waals surface area (Å²) in [6.07, 6.45) is -0.0968. The van der Waals surface area contributed by atoms with E-state index in [4.69, 9.17) is 4.74 Å². The number of hydrogen-bond acceptors (Lipinski definition) is 2. The van der Waals surface area contributed by atoms with E-state index < -0.39 is 0 Å². The summed E-state index contributed by atoms with van der Waals surface area (Å²) in [5.74, 6) is 0.852. The average Bonchev–Trinajstić information content (AvgIpc) is 1.96. The SMILES string of the molecule is CC(C)[C@@H]1OC(=O)N(C)C[C@H]1C. The Morgan fingerprint density at radius 1 is 1.58 bits per heavy atom. The Morgan fingerprint density at radius 2 is 2.17 bits per heavy atom. The van der Waals surface area contributed by atoms with E-state index in [1.54, 1.807) is 11.9 Å². The third-order valence-corrected chi connectivity index (χ3v) is 2.33. The van der Waals surface area contributed by atoms with Gasteiger partial charge in [-0.15, -0.1) is 0 Å². The fourth-order valence-corrected chi connectivity index (χ4v) is 1.73. The van der Waals surface area contributed by atoms with Gasteiger partial charge in [0.1, 0.15) is 6.10 Å². The molecule has 1 amide bonds. The first-order chi connectivity index (χ1) is 5.52. The predicted octanol–water partition coefficient (Wildman–Crippen LogP) is 1.73. The summed E-state index contributed by atoms with van der Waals surface area (Å²) >= 11 is 0. The zero-order valence-corrected chi connectivity index (χ0v) is 8.20. The maximum absolute atomic E-state index is 11.2. The monoisotopic (exact) mass is 171 g/mol. The molecule has 3 nitrogen and oxygen atoms in total. The topological polar surface area (TPSA) is 29.5 Å². The summed E-state index contributed by atoms with van der Waals surface area (Å²) in [6.45, 7) is 7.09. The van der Waals surface area contributed by atoms with Crippen LogP contribution in [-0.4, -0.2) is 30.7 Å². The molecule has 1 heterocycles. The number of rotatable bonds is 1. The highest BCUT2D eigenvalue weighted by Gasteiger charge is 2.32. The van der Waals surface area contributed by atoms with Crippen LogP contribution in [0, 0.1) is 11.8 Å². The summed E-state index contributed by atoms with van der Waals surface area (Å²) in [6, 6.07) is 0. The number of nitrogens with zero attached hydrogens (tertiary/aromatic N) is 1. The molecule has 0 aliphatic carbocycles. The van der Waals surface area contributed by atoms with E-state index in [-0.39, 0.29) is 12.2 Å². The van der Waals surface area contributed by atoms with Gasteiger partial charge in [0, 0.05) is 19.5 Å². The maximum Gasteiger partial charge on any atom is 0.409 e. The minimum atomic E-state index is -0.188. The average molecular weight is 171 g/mol. The van der Waals surface area contributed by atoms with Crippen molar-refractivity contribution >= 4 is 6.09 Å². The van der Waals surface area contributed by atoms with Gasteiger partial charge in [0.15, 0.2) is 0 Å². The van der Waals surface area contributed by atoms with Crippen LogP contribution < -0.4 is 0 Å². The molecule has 3 heteroatoms. The highest BCUT2D eigenvalue weighted by Crippen LogP contribution is 2.22. The number of carbonyl (C=O) groups excluding carboxylic acids is 1. The molecule has 0 saturated carbocycles. The Balaban J connectivity index is 2.61. The Morgan fingerprint density at radius 3 is 2.67 bits per heavy atom. The van der Waals surface area contributed by atoms with Crippen molar-refractivity contribution in [1.29, 1.82) is 0 Å². The molecule has 0 spiro atoms. The molecule has 0 aromatic carbocycles. The van der Waals surface area contributed by atoms with E-state index in [0.29, 0.717) is 11.8 Å². The molecule has 1 fully saturated rings. The molecular formula is C9H17NO2. The Kier molecular flexibility index (Phi) is 2.60. The molecule has 1 aliphatic heterocycles. The summed E-state index contributed by atoms with van der Waals surface area (Å²) in [7, 11) is 1.77. The fourth-order valence-electron chi connectivity index (χ4n) is 1.73. The van der Waals surface area contributed by atoms with Crippen molar-refractivity contribution in [3.05, 3.63) is 0 Å². The van der Waals surface area contributed by atoms with E-state index in [1.807, 2.05) is 0 Å². The van der Waals surface area contributed by atoms with Crippen LogP contribution in [0.3, 0.4) is 0 Å². The van der Waals surface area contributed by atoms with Crippen LogP contribution in [0.15, 0.2) is 0 Å². The summed E-state index contributed by atoms with van der Waals surface area (Å²) in [5.41, 5.74) is 0. The first-order valence-corrected chi connectivity index (χ1v) is 4.44. The minimum Gasteiger partial charge on any atom is -0.445 e. The molecule has 1 rings (SSSR count). The molecular weight excluding hydrogens is 154 g/mol. The van der Waals surface area contributed by atoms with E-state index in [1.165, 1.54) is 0 Å². The first kappa shape index (κ1) is 9.36. The van der Waals surface area contributed by atoms with Gasteiger partial charge in [-0.05, 0) is 5.92 Å². The second-order valence-electron chi connectivity index (χ2n) is 3.95. The summed E-state index contributed by atoms with van der Waals surface area (Å²) in [4.78, 5) is 12.8. The van der Waals surface area contributed by atoms with Crippen molar-refractivity contribution in [1.82, 2.24) is 4.90 Å². The summed E-state index contributed by atoms with van der Waals surface area (Å²) in [5, 5.41) is 0. The van der Waals surface area contributed by atoms with E-state index >= 15 is 0 Å². The van der Waals surface area contributed by atoms with Gasteiger partial charge < -0.3 is 9.64 Å². The van der Waals surface area contributed by atoms with Crippen molar-refractivity contribution in [2.75, 3.05) is 13.6 Å². The van der Waals surface area contributed by atoms with Crippen LogP contribution in [0.25, 0.3) is 0 Å². The maximum atomic E-state index is 11.2. The van der Waals surface area contributed by atoms with E-state index in [9.17, 15) is 4.79 Å². The van der Waals surface area contributed by atoms with Crippen molar-refractivity contribution in [2.24, 2.45) is 11.8 Å². The van der Waals surface area contributed by atoms with Gasteiger partial charge >= 0.3 is 6.09 Å². The number of hydrogen-bond donors (Lipinski definition) is 0. The predicted molar refractivity (Wildman–Crippen MR) is 46.9 cm³/mol. The van der Waals surface area contributed by atoms with Crippen LogP contribution in [0.1, 0.15) is 20.8 Å². The van der Waals surface area contributed by atoms with Crippen LogP contribution in [0.2, 0.25) is 0 Å². The molecule has 0 radical (unpaired) electrons. The molecule has 0 bridgehead atoms.